The Bertz CT molecular complexity index is 3980. The molecule has 0 aromatic heterocycles. The van der Waals surface area contributed by atoms with Crippen LogP contribution < -0.4 is 20.7 Å². The molecule has 2 aliphatic rings. The van der Waals surface area contributed by atoms with Crippen LogP contribution in [0.3, 0.4) is 0 Å². The van der Waals surface area contributed by atoms with Gasteiger partial charge in [0.1, 0.15) is 0 Å². The zero-order valence-corrected chi connectivity index (χ0v) is 34.1. The maximum Gasteiger partial charge on any atom is 0.182 e. The first-order valence-electron chi connectivity index (χ1n) is 21.5. The highest BCUT2D eigenvalue weighted by molar-refractivity contribution is 7.25. The second kappa shape index (κ2) is 11.4. The zero-order chi connectivity index (χ0) is 39.6. The first kappa shape index (κ1) is 32.3. The van der Waals surface area contributed by atoms with Crippen LogP contribution in [-0.2, 0) is 0 Å². The third-order valence-corrected chi connectivity index (χ3v) is 19.7. The van der Waals surface area contributed by atoms with Gasteiger partial charge in [-0.05, 0) is 153 Å². The summed E-state index contributed by atoms with van der Waals surface area (Å²) in [6.45, 7) is 0. The van der Waals surface area contributed by atoms with Crippen LogP contribution in [0.2, 0.25) is 0 Å². The summed E-state index contributed by atoms with van der Waals surface area (Å²) in [6, 6.07) is 79.0. The van der Waals surface area contributed by atoms with Gasteiger partial charge in [0.2, 0.25) is 0 Å². The van der Waals surface area contributed by atoms with Crippen LogP contribution in [0.1, 0.15) is 0 Å². The van der Waals surface area contributed by atoms with Gasteiger partial charge in [-0.25, -0.2) is 0 Å². The highest BCUT2D eigenvalue weighted by Gasteiger charge is 2.54. The lowest BCUT2D eigenvalue weighted by Gasteiger charge is -2.29. The third kappa shape index (κ3) is 3.75. The lowest BCUT2D eigenvalue weighted by Crippen LogP contribution is -2.70. The van der Waals surface area contributed by atoms with Crippen molar-refractivity contribution in [1.82, 2.24) is 0 Å². The van der Waals surface area contributed by atoms with E-state index in [4.69, 9.17) is 0 Å². The van der Waals surface area contributed by atoms with Crippen molar-refractivity contribution < 1.29 is 0 Å². The second-order valence-corrected chi connectivity index (χ2v) is 20.9. The number of benzene rings is 11. The van der Waals surface area contributed by atoms with Crippen molar-refractivity contribution in [2.24, 2.45) is 0 Å². The van der Waals surface area contributed by atoms with E-state index in [1.165, 1.54) is 135 Å². The highest BCUT2D eigenvalue weighted by Crippen LogP contribution is 2.55. The normalized spacial score (nSPS) is 13.7. The summed E-state index contributed by atoms with van der Waals surface area (Å²) in [5.74, 6) is 0. The minimum atomic E-state index is -2.72. The van der Waals surface area contributed by atoms with Gasteiger partial charge in [-0.2, -0.15) is 0 Å². The van der Waals surface area contributed by atoms with Crippen LogP contribution in [0.4, 0.5) is 0 Å². The van der Waals surface area contributed by atoms with Crippen molar-refractivity contribution >= 4 is 104 Å². The van der Waals surface area contributed by atoms with Gasteiger partial charge in [-0.3, -0.25) is 0 Å². The van der Waals surface area contributed by atoms with E-state index < -0.39 is 8.07 Å². The Morgan fingerprint density at radius 1 is 0.230 bits per heavy atom. The maximum absolute atomic E-state index is 2.72. The first-order valence-corrected chi connectivity index (χ1v) is 23.5. The molecule has 61 heavy (non-hydrogen) atoms. The van der Waals surface area contributed by atoms with E-state index in [-0.39, 0.29) is 0 Å². The molecule has 278 valence electrons. The monoisotopic (exact) mass is 782 g/mol. The molecule has 0 atom stereocenters. The second-order valence-electron chi connectivity index (χ2n) is 17.3. The van der Waals surface area contributed by atoms with E-state index in [1.54, 1.807) is 5.19 Å². The van der Waals surface area contributed by atoms with Gasteiger partial charge in [-0.1, -0.05) is 194 Å². The predicted molar refractivity (Wildman–Crippen MR) is 264 cm³/mol. The molecule has 0 aliphatic carbocycles. The summed E-state index contributed by atoms with van der Waals surface area (Å²) in [6.07, 6.45) is 0. The molecule has 0 radical (unpaired) electrons. The van der Waals surface area contributed by atoms with Gasteiger partial charge >= 0.3 is 0 Å². The van der Waals surface area contributed by atoms with E-state index in [0.717, 1.165) is 0 Å². The topological polar surface area (TPSA) is 0 Å². The smallest absolute Gasteiger partial charge is 0.0623 e. The molecular weight excluding hydrogens is 749 g/mol. The van der Waals surface area contributed by atoms with E-state index in [2.05, 4.69) is 206 Å². The van der Waals surface area contributed by atoms with Crippen LogP contribution in [0.15, 0.2) is 206 Å². The Kier molecular flexibility index (Phi) is 6.02. The van der Waals surface area contributed by atoms with Crippen molar-refractivity contribution in [3.63, 3.8) is 0 Å². The van der Waals surface area contributed by atoms with Gasteiger partial charge in [0.25, 0.3) is 0 Å². The average molecular weight is 783 g/mol. The van der Waals surface area contributed by atoms with Crippen LogP contribution in [-0.4, -0.2) is 8.07 Å². The highest BCUT2D eigenvalue weighted by atomic mass is 28.3. The molecule has 0 N–H and O–H groups in total. The quantitative estimate of drug-likeness (QED) is 0.121. The third-order valence-electron chi connectivity index (χ3n) is 14.7. The van der Waals surface area contributed by atoms with E-state index in [9.17, 15) is 0 Å². The van der Waals surface area contributed by atoms with E-state index in [0.29, 0.717) is 0 Å². The lowest BCUT2D eigenvalue weighted by atomic mass is 9.83. The molecule has 13 aromatic rings. The fourth-order valence-electron chi connectivity index (χ4n) is 12.7. The Labute approximate surface area is 353 Å². The van der Waals surface area contributed by atoms with Gasteiger partial charge in [0.15, 0.2) is 8.07 Å². The molecule has 2 heterocycles. The fourth-order valence-corrected chi connectivity index (χ4v) is 18.5. The standard InChI is InChI=1S/C60H34Si/c1-3-17-35(18-4-1)53-48-33-46-38-22-8-7-21-37(38)42-26-15-27-43(55(42)46)57(48)54(36-19-5-2-6-20-36)58-44-28-16-29-45-56(44)49(59(53)58)34-47-41-25-11-14-32-52(41)61(60(45)47)50-30-12-9-23-39(50)40-24-10-13-31-51(40)61/h1-34H. The molecule has 0 nitrogen and oxygen atoms in total. The largest absolute Gasteiger partial charge is 0.182 e. The van der Waals surface area contributed by atoms with Crippen molar-refractivity contribution in [3.8, 4) is 44.5 Å². The molecule has 0 bridgehead atoms. The van der Waals surface area contributed by atoms with Gasteiger partial charge in [0.05, 0.1) is 0 Å². The molecule has 13 aromatic carbocycles. The molecule has 0 saturated carbocycles. The molecule has 0 saturated heterocycles. The first-order chi connectivity index (χ1) is 30.3. The average Bonchev–Trinajstić information content (AvgIpc) is 4.03. The minimum absolute atomic E-state index is 1.25. The zero-order valence-electron chi connectivity index (χ0n) is 33.1. The van der Waals surface area contributed by atoms with Crippen molar-refractivity contribution in [1.29, 1.82) is 0 Å². The van der Waals surface area contributed by atoms with Crippen LogP contribution in [0.25, 0.3) is 120 Å². The molecule has 1 spiro atoms. The summed E-state index contributed by atoms with van der Waals surface area (Å²) < 4.78 is 0. The van der Waals surface area contributed by atoms with Crippen LogP contribution in [0, 0.1) is 0 Å². The predicted octanol–water partition coefficient (Wildman–Crippen LogP) is 13.3. The molecular formula is C60H34Si. The van der Waals surface area contributed by atoms with Gasteiger partial charge in [0, 0.05) is 0 Å². The van der Waals surface area contributed by atoms with Crippen LogP contribution >= 0.6 is 0 Å². The van der Waals surface area contributed by atoms with Gasteiger partial charge in [-0.15, -0.1) is 0 Å². The van der Waals surface area contributed by atoms with E-state index >= 15 is 0 Å². The maximum atomic E-state index is 2.64. The van der Waals surface area contributed by atoms with Crippen molar-refractivity contribution in [2.75, 3.05) is 0 Å². The Balaban J connectivity index is 1.23. The Hall–Kier alpha value is -7.58. The summed E-state index contributed by atoms with van der Waals surface area (Å²) in [4.78, 5) is 0. The fraction of sp³-hybridized carbons (Fsp3) is 0. The Morgan fingerprint density at radius 3 is 1.31 bits per heavy atom. The Morgan fingerprint density at radius 2 is 0.672 bits per heavy atom. The number of hydrogen-bond acceptors (Lipinski definition) is 0. The van der Waals surface area contributed by atoms with Gasteiger partial charge < -0.3 is 0 Å². The SMILES string of the molecule is c1ccc(-c2c3cc4c5ccccc5c5cccc(c3c(-c3ccccc3)c3c6cccc7c8c(cc(c23)c76)-c2ccccc2[Si]82c3ccccc3-c3ccccc32)c54)cc1. The minimum Gasteiger partial charge on any atom is -0.0623 e. The molecule has 1 heteroatoms. The summed E-state index contributed by atoms with van der Waals surface area (Å²) in [5, 5.41) is 25.0. The van der Waals surface area contributed by atoms with E-state index in [1.807, 2.05) is 0 Å². The number of rotatable bonds is 2. The number of hydrogen-bond donors (Lipinski definition) is 0. The number of fused-ring (bicyclic) bond motifs is 19. The van der Waals surface area contributed by atoms with Crippen LogP contribution in [0.5, 0.6) is 0 Å². The molecule has 0 amide bonds. The molecule has 15 rings (SSSR count). The van der Waals surface area contributed by atoms with Crippen molar-refractivity contribution in [3.05, 3.63) is 206 Å². The summed E-state index contributed by atoms with van der Waals surface area (Å²) in [5.41, 5.74) is 10.7. The molecule has 2 aliphatic heterocycles. The molecule has 0 fully saturated rings. The lowest BCUT2D eigenvalue weighted by molar-refractivity contribution is 1.68. The molecule has 0 unspecified atom stereocenters. The summed E-state index contributed by atoms with van der Waals surface area (Å²) in [7, 11) is -2.72. The van der Waals surface area contributed by atoms with Crippen molar-refractivity contribution in [2.45, 2.75) is 0 Å². The summed E-state index contributed by atoms with van der Waals surface area (Å²) >= 11 is 0.